The van der Waals surface area contributed by atoms with Gasteiger partial charge >= 0.3 is 0 Å². The normalized spacial score (nSPS) is 22.9. The fourth-order valence-electron chi connectivity index (χ4n) is 2.69. The Morgan fingerprint density at radius 1 is 1.41 bits per heavy atom. The van der Waals surface area contributed by atoms with Gasteiger partial charge in [0.25, 0.3) is 0 Å². The Morgan fingerprint density at radius 2 is 2.18 bits per heavy atom. The first kappa shape index (κ1) is 12.6. The van der Waals surface area contributed by atoms with Gasteiger partial charge in [-0.1, -0.05) is 37.6 Å². The van der Waals surface area contributed by atoms with E-state index in [1.807, 2.05) is 6.92 Å². The molecule has 0 saturated carbocycles. The summed E-state index contributed by atoms with van der Waals surface area (Å²) in [6, 6.07) is 8.42. The van der Waals surface area contributed by atoms with E-state index in [1.54, 1.807) is 0 Å². The molecule has 2 unspecified atom stereocenters. The maximum absolute atomic E-state index is 10.3. The topological polar surface area (TPSA) is 29.5 Å². The van der Waals surface area contributed by atoms with Crippen molar-refractivity contribution in [1.29, 1.82) is 0 Å². The number of rotatable bonds is 4. The van der Waals surface area contributed by atoms with E-state index in [0.717, 1.165) is 25.9 Å². The molecule has 1 aliphatic heterocycles. The van der Waals surface area contributed by atoms with Gasteiger partial charge < -0.3 is 9.84 Å². The van der Waals surface area contributed by atoms with Crippen LogP contribution in [0.15, 0.2) is 24.3 Å². The molecule has 0 spiro atoms. The van der Waals surface area contributed by atoms with Crippen molar-refractivity contribution in [2.45, 2.75) is 51.2 Å². The molecule has 17 heavy (non-hydrogen) atoms. The lowest BCUT2D eigenvalue weighted by atomic mass is 9.87. The molecule has 2 nitrogen and oxygen atoms in total. The molecule has 0 aromatic heterocycles. The highest BCUT2D eigenvalue weighted by Crippen LogP contribution is 2.34. The molecule has 1 N–H and O–H groups in total. The highest BCUT2D eigenvalue weighted by Gasteiger charge is 2.29. The van der Waals surface area contributed by atoms with Gasteiger partial charge in [0, 0.05) is 6.42 Å². The first-order chi connectivity index (χ1) is 8.12. The quantitative estimate of drug-likeness (QED) is 0.866. The number of ether oxygens (including phenoxy) is 1. The van der Waals surface area contributed by atoms with Crippen LogP contribution >= 0.6 is 0 Å². The molecule has 1 heterocycles. The molecule has 0 aliphatic carbocycles. The molecule has 0 amide bonds. The van der Waals surface area contributed by atoms with Gasteiger partial charge in [-0.3, -0.25) is 0 Å². The van der Waals surface area contributed by atoms with Gasteiger partial charge in [0.05, 0.1) is 18.3 Å². The number of hydrogen-bond donors (Lipinski definition) is 1. The molecule has 0 fully saturated rings. The average Bonchev–Trinajstić information content (AvgIpc) is 2.29. The van der Waals surface area contributed by atoms with Gasteiger partial charge in [0.1, 0.15) is 0 Å². The SMILES string of the molecule is CCCC(C)(O)CC1OCCc2ccccc21. The molecule has 0 bridgehead atoms. The number of hydrogen-bond acceptors (Lipinski definition) is 2. The molecule has 94 valence electrons. The maximum atomic E-state index is 10.3. The Morgan fingerprint density at radius 3 is 2.94 bits per heavy atom. The summed E-state index contributed by atoms with van der Waals surface area (Å²) in [5, 5.41) is 10.3. The predicted molar refractivity (Wildman–Crippen MR) is 69.0 cm³/mol. The van der Waals surface area contributed by atoms with E-state index in [2.05, 4.69) is 31.2 Å². The third-order valence-electron chi connectivity index (χ3n) is 3.51. The number of fused-ring (bicyclic) bond motifs is 1. The van der Waals surface area contributed by atoms with Crippen LogP contribution in [0.3, 0.4) is 0 Å². The van der Waals surface area contributed by atoms with Gasteiger partial charge in [-0.05, 0) is 30.9 Å². The first-order valence-electron chi connectivity index (χ1n) is 6.54. The molecule has 1 aromatic carbocycles. The lowest BCUT2D eigenvalue weighted by Crippen LogP contribution is -2.29. The number of benzene rings is 1. The molecule has 2 rings (SSSR count). The maximum Gasteiger partial charge on any atom is 0.0855 e. The first-order valence-corrected chi connectivity index (χ1v) is 6.54. The van der Waals surface area contributed by atoms with Crippen LogP contribution in [-0.2, 0) is 11.2 Å². The van der Waals surface area contributed by atoms with Gasteiger partial charge in [-0.15, -0.1) is 0 Å². The molecule has 2 heteroatoms. The highest BCUT2D eigenvalue weighted by atomic mass is 16.5. The van der Waals surface area contributed by atoms with Crippen molar-refractivity contribution < 1.29 is 9.84 Å². The van der Waals surface area contributed by atoms with E-state index >= 15 is 0 Å². The van der Waals surface area contributed by atoms with Crippen molar-refractivity contribution in [3.05, 3.63) is 35.4 Å². The van der Waals surface area contributed by atoms with Crippen LogP contribution in [0.4, 0.5) is 0 Å². The molecule has 1 aliphatic rings. The highest BCUT2D eigenvalue weighted by molar-refractivity contribution is 5.31. The van der Waals surface area contributed by atoms with Crippen molar-refractivity contribution in [2.24, 2.45) is 0 Å². The van der Waals surface area contributed by atoms with Crippen LogP contribution in [0.2, 0.25) is 0 Å². The third-order valence-corrected chi connectivity index (χ3v) is 3.51. The average molecular weight is 234 g/mol. The van der Waals surface area contributed by atoms with E-state index < -0.39 is 5.60 Å². The fraction of sp³-hybridized carbons (Fsp3) is 0.600. The summed E-state index contributed by atoms with van der Waals surface area (Å²) in [5.41, 5.74) is 2.01. The lowest BCUT2D eigenvalue weighted by molar-refractivity contribution is -0.0407. The monoisotopic (exact) mass is 234 g/mol. The van der Waals surface area contributed by atoms with Crippen molar-refractivity contribution >= 4 is 0 Å². The summed E-state index contributed by atoms with van der Waals surface area (Å²) in [5.74, 6) is 0. The van der Waals surface area contributed by atoms with E-state index in [1.165, 1.54) is 11.1 Å². The predicted octanol–water partition coefficient (Wildman–Crippen LogP) is 3.24. The van der Waals surface area contributed by atoms with E-state index in [4.69, 9.17) is 4.74 Å². The molecule has 1 aromatic rings. The minimum absolute atomic E-state index is 0.0569. The molecule has 2 atom stereocenters. The summed E-state index contributed by atoms with van der Waals surface area (Å²) in [6.45, 7) is 4.78. The minimum Gasteiger partial charge on any atom is -0.390 e. The van der Waals surface area contributed by atoms with Crippen LogP contribution < -0.4 is 0 Å². The Bertz CT molecular complexity index is 371. The van der Waals surface area contributed by atoms with Crippen molar-refractivity contribution in [1.82, 2.24) is 0 Å². The zero-order chi connectivity index (χ0) is 12.3. The largest absolute Gasteiger partial charge is 0.390 e. The van der Waals surface area contributed by atoms with E-state index in [-0.39, 0.29) is 6.10 Å². The summed E-state index contributed by atoms with van der Waals surface area (Å²) < 4.78 is 5.83. The van der Waals surface area contributed by atoms with Gasteiger partial charge in [-0.25, -0.2) is 0 Å². The van der Waals surface area contributed by atoms with Crippen LogP contribution in [0.25, 0.3) is 0 Å². The van der Waals surface area contributed by atoms with E-state index in [0.29, 0.717) is 6.42 Å². The van der Waals surface area contributed by atoms with Gasteiger partial charge in [0.2, 0.25) is 0 Å². The fourth-order valence-corrected chi connectivity index (χ4v) is 2.69. The molecule has 0 saturated heterocycles. The molecular weight excluding hydrogens is 212 g/mol. The van der Waals surface area contributed by atoms with Crippen molar-refractivity contribution in [3.63, 3.8) is 0 Å². The molecular formula is C15H22O2. The minimum atomic E-state index is -0.621. The zero-order valence-corrected chi connectivity index (χ0v) is 10.8. The summed E-state index contributed by atoms with van der Waals surface area (Å²) in [7, 11) is 0. The molecule has 0 radical (unpaired) electrons. The Balaban J connectivity index is 2.13. The Labute approximate surface area is 104 Å². The number of aliphatic hydroxyl groups is 1. The standard InChI is InChI=1S/C15H22O2/c1-3-9-15(2,16)11-14-13-7-5-4-6-12(13)8-10-17-14/h4-7,14,16H,3,8-11H2,1-2H3. The van der Waals surface area contributed by atoms with Crippen LogP contribution in [0.5, 0.6) is 0 Å². The Hall–Kier alpha value is -0.860. The van der Waals surface area contributed by atoms with E-state index in [9.17, 15) is 5.11 Å². The van der Waals surface area contributed by atoms with Crippen LogP contribution in [0, 0.1) is 0 Å². The smallest absolute Gasteiger partial charge is 0.0855 e. The second-order valence-corrected chi connectivity index (χ2v) is 5.26. The van der Waals surface area contributed by atoms with Crippen LogP contribution in [0.1, 0.15) is 50.3 Å². The second kappa shape index (κ2) is 5.19. The lowest BCUT2D eigenvalue weighted by Gasteiger charge is -2.32. The Kier molecular flexibility index (Phi) is 3.85. The van der Waals surface area contributed by atoms with Gasteiger partial charge in [-0.2, -0.15) is 0 Å². The second-order valence-electron chi connectivity index (χ2n) is 5.26. The summed E-state index contributed by atoms with van der Waals surface area (Å²) >= 11 is 0. The summed E-state index contributed by atoms with van der Waals surface area (Å²) in [4.78, 5) is 0. The van der Waals surface area contributed by atoms with Gasteiger partial charge in [0.15, 0.2) is 0 Å². The third kappa shape index (κ3) is 3.08. The van der Waals surface area contributed by atoms with Crippen molar-refractivity contribution in [2.75, 3.05) is 6.61 Å². The zero-order valence-electron chi connectivity index (χ0n) is 10.8. The van der Waals surface area contributed by atoms with Crippen LogP contribution in [-0.4, -0.2) is 17.3 Å². The summed E-state index contributed by atoms with van der Waals surface area (Å²) in [6.07, 6.45) is 3.57. The van der Waals surface area contributed by atoms with Crippen molar-refractivity contribution in [3.8, 4) is 0 Å².